The van der Waals surface area contributed by atoms with E-state index < -0.39 is 0 Å². The van der Waals surface area contributed by atoms with Gasteiger partial charge in [0, 0.05) is 13.1 Å². The summed E-state index contributed by atoms with van der Waals surface area (Å²) in [5.74, 6) is 0.0107. The highest BCUT2D eigenvalue weighted by Crippen LogP contribution is 2.30. The fourth-order valence-electron chi connectivity index (χ4n) is 2.27. The number of hydrogen-bond acceptors (Lipinski definition) is 4. The number of nitrogens with zero attached hydrogens (tertiary/aromatic N) is 2. The number of aromatic nitrogens is 1. The van der Waals surface area contributed by atoms with Crippen molar-refractivity contribution in [3.05, 3.63) is 41.0 Å². The van der Waals surface area contributed by atoms with Crippen LogP contribution in [0.15, 0.2) is 30.3 Å². The normalized spacial score (nSPS) is 15.3. The molecule has 2 heterocycles. The Labute approximate surface area is 122 Å². The van der Waals surface area contributed by atoms with Gasteiger partial charge in [0.25, 0.3) is 5.91 Å². The van der Waals surface area contributed by atoms with Gasteiger partial charge in [0.2, 0.25) is 0 Å². The van der Waals surface area contributed by atoms with E-state index in [-0.39, 0.29) is 5.91 Å². The average molecular weight is 288 g/mol. The smallest absolute Gasteiger partial charge is 0.274 e. The molecule has 20 heavy (non-hydrogen) atoms. The van der Waals surface area contributed by atoms with Gasteiger partial charge in [0.15, 0.2) is 0 Å². The number of benzene rings is 1. The minimum Gasteiger partial charge on any atom is -0.378 e. The molecule has 0 aliphatic carbocycles. The number of rotatable bonds is 2. The van der Waals surface area contributed by atoms with E-state index in [9.17, 15) is 4.79 Å². The van der Waals surface area contributed by atoms with Crippen molar-refractivity contribution in [3.63, 3.8) is 0 Å². The summed E-state index contributed by atoms with van der Waals surface area (Å²) < 4.78 is 5.29. The van der Waals surface area contributed by atoms with Crippen LogP contribution in [0.2, 0.25) is 0 Å². The highest BCUT2D eigenvalue weighted by Gasteiger charge is 2.24. The second kappa shape index (κ2) is 5.73. The van der Waals surface area contributed by atoms with Crippen molar-refractivity contribution >= 4 is 17.2 Å². The Kier molecular flexibility index (Phi) is 3.80. The Morgan fingerprint density at radius 2 is 1.95 bits per heavy atom. The zero-order valence-corrected chi connectivity index (χ0v) is 12.2. The Balaban J connectivity index is 1.95. The van der Waals surface area contributed by atoms with Gasteiger partial charge in [-0.1, -0.05) is 30.3 Å². The summed E-state index contributed by atoms with van der Waals surface area (Å²) in [5, 5.41) is 0.917. The van der Waals surface area contributed by atoms with Gasteiger partial charge in [0.1, 0.15) is 5.69 Å². The molecule has 1 fully saturated rings. The molecule has 0 atom stereocenters. The van der Waals surface area contributed by atoms with Crippen LogP contribution in [0.1, 0.15) is 15.5 Å². The summed E-state index contributed by atoms with van der Waals surface area (Å²) in [6.45, 7) is 4.44. The number of aryl methyl sites for hydroxylation is 1. The molecule has 0 radical (unpaired) electrons. The van der Waals surface area contributed by atoms with Gasteiger partial charge in [-0.15, -0.1) is 11.3 Å². The lowest BCUT2D eigenvalue weighted by Gasteiger charge is -2.26. The third-order valence-electron chi connectivity index (χ3n) is 3.27. The number of carbonyl (C=O) groups is 1. The van der Waals surface area contributed by atoms with Crippen LogP contribution in [-0.4, -0.2) is 42.1 Å². The Morgan fingerprint density at radius 1 is 1.25 bits per heavy atom. The van der Waals surface area contributed by atoms with Gasteiger partial charge in [0.05, 0.1) is 23.1 Å². The lowest BCUT2D eigenvalue weighted by atomic mass is 10.1. The van der Waals surface area contributed by atoms with Gasteiger partial charge < -0.3 is 9.64 Å². The van der Waals surface area contributed by atoms with E-state index in [1.54, 1.807) is 11.3 Å². The number of amides is 1. The Hall–Kier alpha value is -1.72. The van der Waals surface area contributed by atoms with E-state index >= 15 is 0 Å². The molecule has 5 heteroatoms. The second-order valence-corrected chi connectivity index (χ2v) is 5.88. The van der Waals surface area contributed by atoms with E-state index in [1.165, 1.54) is 0 Å². The van der Waals surface area contributed by atoms with E-state index in [0.29, 0.717) is 32.0 Å². The molecule has 1 amide bonds. The number of morpholine rings is 1. The molecule has 1 saturated heterocycles. The molecule has 1 aromatic heterocycles. The van der Waals surface area contributed by atoms with E-state index in [2.05, 4.69) is 4.98 Å². The summed E-state index contributed by atoms with van der Waals surface area (Å²) in [5.41, 5.74) is 1.62. The van der Waals surface area contributed by atoms with Gasteiger partial charge in [-0.2, -0.15) is 0 Å². The van der Waals surface area contributed by atoms with Gasteiger partial charge in [-0.3, -0.25) is 4.79 Å². The molecule has 0 N–H and O–H groups in total. The maximum atomic E-state index is 12.6. The molecule has 0 saturated carbocycles. The van der Waals surface area contributed by atoms with E-state index in [4.69, 9.17) is 4.74 Å². The third kappa shape index (κ3) is 2.59. The number of carbonyl (C=O) groups excluding carboxylic acids is 1. The predicted octanol–water partition coefficient (Wildman–Crippen LogP) is 2.59. The highest BCUT2D eigenvalue weighted by atomic mass is 32.1. The molecule has 0 unspecified atom stereocenters. The zero-order chi connectivity index (χ0) is 13.9. The fourth-order valence-corrected chi connectivity index (χ4v) is 3.19. The van der Waals surface area contributed by atoms with Crippen LogP contribution in [0, 0.1) is 6.92 Å². The summed E-state index contributed by atoms with van der Waals surface area (Å²) in [7, 11) is 0. The molecule has 4 nitrogen and oxygen atoms in total. The quantitative estimate of drug-likeness (QED) is 0.853. The maximum absolute atomic E-state index is 12.6. The number of hydrogen-bond donors (Lipinski definition) is 0. The first kappa shape index (κ1) is 13.3. The van der Waals surface area contributed by atoms with Crippen LogP contribution in [0.3, 0.4) is 0 Å². The van der Waals surface area contributed by atoms with Crippen molar-refractivity contribution in [1.82, 2.24) is 9.88 Å². The van der Waals surface area contributed by atoms with Crippen molar-refractivity contribution < 1.29 is 9.53 Å². The van der Waals surface area contributed by atoms with Gasteiger partial charge in [-0.25, -0.2) is 4.98 Å². The van der Waals surface area contributed by atoms with Crippen molar-refractivity contribution in [2.75, 3.05) is 26.3 Å². The summed E-state index contributed by atoms with van der Waals surface area (Å²) >= 11 is 1.57. The van der Waals surface area contributed by atoms with Crippen LogP contribution in [0.5, 0.6) is 0 Å². The summed E-state index contributed by atoms with van der Waals surface area (Å²) in [4.78, 5) is 19.9. The van der Waals surface area contributed by atoms with Gasteiger partial charge >= 0.3 is 0 Å². The first-order valence-electron chi connectivity index (χ1n) is 6.65. The molecule has 1 aromatic carbocycles. The zero-order valence-electron chi connectivity index (χ0n) is 11.3. The summed E-state index contributed by atoms with van der Waals surface area (Å²) in [6.07, 6.45) is 0. The molecule has 0 bridgehead atoms. The molecule has 1 aliphatic heterocycles. The van der Waals surface area contributed by atoms with Crippen molar-refractivity contribution in [1.29, 1.82) is 0 Å². The van der Waals surface area contributed by atoms with E-state index in [1.807, 2.05) is 42.2 Å². The SMILES string of the molecule is Cc1nc(C(=O)N2CCOCC2)c(-c2ccccc2)s1. The van der Waals surface area contributed by atoms with Crippen LogP contribution >= 0.6 is 11.3 Å². The second-order valence-electron chi connectivity index (χ2n) is 4.68. The molecule has 104 valence electrons. The lowest BCUT2D eigenvalue weighted by molar-refractivity contribution is 0.0300. The predicted molar refractivity (Wildman–Crippen MR) is 79.0 cm³/mol. The largest absolute Gasteiger partial charge is 0.378 e. The number of ether oxygens (including phenoxy) is 1. The maximum Gasteiger partial charge on any atom is 0.274 e. The molecule has 0 spiro atoms. The van der Waals surface area contributed by atoms with Crippen molar-refractivity contribution in [2.45, 2.75) is 6.92 Å². The van der Waals surface area contributed by atoms with Gasteiger partial charge in [-0.05, 0) is 12.5 Å². The van der Waals surface area contributed by atoms with Crippen molar-refractivity contribution in [2.24, 2.45) is 0 Å². The molecular formula is C15H16N2O2S. The molecule has 1 aliphatic rings. The number of thiazole rings is 1. The Morgan fingerprint density at radius 3 is 2.65 bits per heavy atom. The topological polar surface area (TPSA) is 42.4 Å². The van der Waals surface area contributed by atoms with Crippen molar-refractivity contribution in [3.8, 4) is 10.4 Å². The third-order valence-corrected chi connectivity index (χ3v) is 4.29. The van der Waals surface area contributed by atoms with Crippen LogP contribution in [0.4, 0.5) is 0 Å². The molecule has 3 rings (SSSR count). The van der Waals surface area contributed by atoms with Crippen LogP contribution < -0.4 is 0 Å². The monoisotopic (exact) mass is 288 g/mol. The molecular weight excluding hydrogens is 272 g/mol. The van der Waals surface area contributed by atoms with Crippen LogP contribution in [-0.2, 0) is 4.74 Å². The fraction of sp³-hybridized carbons (Fsp3) is 0.333. The highest BCUT2D eigenvalue weighted by molar-refractivity contribution is 7.15. The average Bonchev–Trinajstić information content (AvgIpc) is 2.90. The summed E-state index contributed by atoms with van der Waals surface area (Å²) in [6, 6.07) is 9.97. The minimum absolute atomic E-state index is 0.0107. The van der Waals surface area contributed by atoms with Crippen LogP contribution in [0.25, 0.3) is 10.4 Å². The standard InChI is InChI=1S/C15H16N2O2S/c1-11-16-13(15(18)17-7-9-19-10-8-17)14(20-11)12-5-3-2-4-6-12/h2-6H,7-10H2,1H3. The molecule has 2 aromatic rings. The minimum atomic E-state index is 0.0107. The van der Waals surface area contributed by atoms with E-state index in [0.717, 1.165) is 15.4 Å². The first-order chi connectivity index (χ1) is 9.75. The Bertz CT molecular complexity index is 604. The lowest BCUT2D eigenvalue weighted by Crippen LogP contribution is -2.41. The first-order valence-corrected chi connectivity index (χ1v) is 7.47.